The van der Waals surface area contributed by atoms with E-state index in [2.05, 4.69) is 55.8 Å². The molecule has 6 heteroatoms. The summed E-state index contributed by atoms with van der Waals surface area (Å²) in [5.41, 5.74) is 3.55. The molecule has 0 bridgehead atoms. The molecular weight excluding hydrogens is 360 g/mol. The van der Waals surface area contributed by atoms with Crippen LogP contribution in [0.2, 0.25) is 0 Å². The normalized spacial score (nSPS) is 13.6. The van der Waals surface area contributed by atoms with Gasteiger partial charge < -0.3 is 15.5 Å². The third-order valence-corrected chi connectivity index (χ3v) is 5.01. The van der Waals surface area contributed by atoms with Crippen LogP contribution in [0, 0.1) is 18.3 Å². The Balaban J connectivity index is 1.50. The van der Waals surface area contributed by atoms with Gasteiger partial charge in [0.1, 0.15) is 23.5 Å². The third-order valence-electron chi connectivity index (χ3n) is 5.01. The molecule has 1 aliphatic heterocycles. The highest BCUT2D eigenvalue weighted by atomic mass is 15.1. The molecule has 0 atom stereocenters. The molecule has 1 aliphatic rings. The van der Waals surface area contributed by atoms with Crippen LogP contribution in [0.3, 0.4) is 0 Å². The van der Waals surface area contributed by atoms with Crippen molar-refractivity contribution in [2.75, 3.05) is 28.6 Å². The van der Waals surface area contributed by atoms with Gasteiger partial charge in [0.25, 0.3) is 0 Å². The van der Waals surface area contributed by atoms with E-state index in [0.29, 0.717) is 23.0 Å². The Labute approximate surface area is 171 Å². The Morgan fingerprint density at radius 1 is 0.897 bits per heavy atom. The molecule has 1 aromatic heterocycles. The van der Waals surface area contributed by atoms with Crippen LogP contribution in [0.5, 0.6) is 0 Å². The summed E-state index contributed by atoms with van der Waals surface area (Å²) in [6.07, 6.45) is 3.87. The number of benzene rings is 2. The number of hydrogen-bond acceptors (Lipinski definition) is 6. The van der Waals surface area contributed by atoms with Crippen molar-refractivity contribution in [2.24, 2.45) is 0 Å². The maximum atomic E-state index is 9.28. The number of aromatic nitrogens is 2. The number of hydrogen-bond donors (Lipinski definition) is 2. The topological polar surface area (TPSA) is 76.9 Å². The van der Waals surface area contributed by atoms with E-state index in [1.54, 1.807) is 6.07 Å². The number of nitriles is 1. The summed E-state index contributed by atoms with van der Waals surface area (Å²) in [4.78, 5) is 11.4. The van der Waals surface area contributed by atoms with Crippen molar-refractivity contribution in [1.29, 1.82) is 5.26 Å². The van der Waals surface area contributed by atoms with Gasteiger partial charge in [0.2, 0.25) is 0 Å². The molecule has 2 aromatic carbocycles. The van der Waals surface area contributed by atoms with Gasteiger partial charge >= 0.3 is 0 Å². The first-order chi connectivity index (χ1) is 14.2. The van der Waals surface area contributed by atoms with E-state index in [4.69, 9.17) is 0 Å². The van der Waals surface area contributed by atoms with E-state index in [1.165, 1.54) is 24.9 Å². The molecule has 1 saturated heterocycles. The predicted molar refractivity (Wildman–Crippen MR) is 117 cm³/mol. The molecule has 0 aliphatic carbocycles. The van der Waals surface area contributed by atoms with Gasteiger partial charge in [-0.05, 0) is 62.6 Å². The number of para-hydroxylation sites is 1. The SMILES string of the molecule is Cc1nc(Nc2ccc(N3CCCCC3)cc2)cc(Nc2ccccc2C#N)n1. The second-order valence-corrected chi connectivity index (χ2v) is 7.19. The third kappa shape index (κ3) is 4.64. The molecular formula is C23H24N6. The lowest BCUT2D eigenvalue weighted by Crippen LogP contribution is -2.29. The van der Waals surface area contributed by atoms with Crippen LogP contribution in [0.25, 0.3) is 0 Å². The molecule has 6 nitrogen and oxygen atoms in total. The fraction of sp³-hybridized carbons (Fsp3) is 0.261. The minimum Gasteiger partial charge on any atom is -0.372 e. The van der Waals surface area contributed by atoms with Crippen LogP contribution >= 0.6 is 0 Å². The minimum absolute atomic E-state index is 0.576. The number of nitrogens with one attached hydrogen (secondary N) is 2. The van der Waals surface area contributed by atoms with Gasteiger partial charge in [-0.15, -0.1) is 0 Å². The quantitative estimate of drug-likeness (QED) is 0.635. The van der Waals surface area contributed by atoms with Gasteiger partial charge in [-0.3, -0.25) is 0 Å². The van der Waals surface area contributed by atoms with E-state index in [-0.39, 0.29) is 0 Å². The van der Waals surface area contributed by atoms with Crippen LogP contribution < -0.4 is 15.5 Å². The van der Waals surface area contributed by atoms with E-state index in [1.807, 2.05) is 31.2 Å². The number of piperidine rings is 1. The first-order valence-corrected chi connectivity index (χ1v) is 9.95. The predicted octanol–water partition coefficient (Wildman–Crippen LogP) is 5.13. The van der Waals surface area contributed by atoms with Gasteiger partial charge in [0.15, 0.2) is 0 Å². The lowest BCUT2D eigenvalue weighted by molar-refractivity contribution is 0.578. The molecule has 146 valence electrons. The highest BCUT2D eigenvalue weighted by Crippen LogP contribution is 2.25. The van der Waals surface area contributed by atoms with Crippen molar-refractivity contribution >= 4 is 28.7 Å². The number of aryl methyl sites for hydroxylation is 1. The monoisotopic (exact) mass is 384 g/mol. The standard InChI is InChI=1S/C23H24N6/c1-17-25-22(15-23(26-17)28-21-8-4-3-7-18(21)16-24)27-19-9-11-20(12-10-19)29-13-5-2-6-14-29/h3-4,7-12,15H,2,5-6,13-14H2,1H3,(H2,25,26,27,28). The first kappa shape index (κ1) is 18.8. The second-order valence-electron chi connectivity index (χ2n) is 7.19. The maximum Gasteiger partial charge on any atom is 0.136 e. The summed E-state index contributed by atoms with van der Waals surface area (Å²) in [7, 11) is 0. The Hall–Kier alpha value is -3.59. The summed E-state index contributed by atoms with van der Waals surface area (Å²) >= 11 is 0. The molecule has 0 spiro atoms. The molecule has 2 N–H and O–H groups in total. The summed E-state index contributed by atoms with van der Waals surface area (Å²) in [6, 6.07) is 19.9. The molecule has 0 radical (unpaired) electrons. The van der Waals surface area contributed by atoms with Gasteiger partial charge in [-0.1, -0.05) is 12.1 Å². The van der Waals surface area contributed by atoms with E-state index >= 15 is 0 Å². The highest BCUT2D eigenvalue weighted by molar-refractivity contribution is 5.68. The molecule has 0 amide bonds. The maximum absolute atomic E-state index is 9.28. The molecule has 3 aromatic rings. The van der Waals surface area contributed by atoms with Gasteiger partial charge in [-0.2, -0.15) is 5.26 Å². The number of rotatable bonds is 5. The molecule has 0 saturated carbocycles. The van der Waals surface area contributed by atoms with Crippen LogP contribution in [0.15, 0.2) is 54.6 Å². The highest BCUT2D eigenvalue weighted by Gasteiger charge is 2.11. The Bertz CT molecular complexity index is 1020. The molecule has 1 fully saturated rings. The zero-order valence-corrected chi connectivity index (χ0v) is 16.5. The van der Waals surface area contributed by atoms with Crippen LogP contribution in [0.1, 0.15) is 30.7 Å². The largest absolute Gasteiger partial charge is 0.372 e. The van der Waals surface area contributed by atoms with Crippen molar-refractivity contribution in [3.05, 3.63) is 66.0 Å². The summed E-state index contributed by atoms with van der Waals surface area (Å²) in [5.74, 6) is 2.00. The zero-order valence-electron chi connectivity index (χ0n) is 16.5. The number of anilines is 5. The van der Waals surface area contributed by atoms with Gasteiger partial charge in [0, 0.05) is 30.5 Å². The lowest BCUT2D eigenvalue weighted by Gasteiger charge is -2.28. The van der Waals surface area contributed by atoms with E-state index in [9.17, 15) is 5.26 Å². The fourth-order valence-electron chi connectivity index (χ4n) is 3.58. The Morgan fingerprint density at radius 3 is 2.31 bits per heavy atom. The zero-order chi connectivity index (χ0) is 20.1. The van der Waals surface area contributed by atoms with Crippen molar-refractivity contribution in [1.82, 2.24) is 9.97 Å². The number of nitrogens with zero attached hydrogens (tertiary/aromatic N) is 4. The molecule has 0 unspecified atom stereocenters. The van der Waals surface area contributed by atoms with Gasteiger partial charge in [-0.25, -0.2) is 9.97 Å². The average molecular weight is 384 g/mol. The average Bonchev–Trinajstić information content (AvgIpc) is 2.75. The van der Waals surface area contributed by atoms with Crippen LogP contribution in [0.4, 0.5) is 28.7 Å². The van der Waals surface area contributed by atoms with Crippen molar-refractivity contribution in [3.8, 4) is 6.07 Å². The smallest absolute Gasteiger partial charge is 0.136 e. The first-order valence-electron chi connectivity index (χ1n) is 9.95. The van der Waals surface area contributed by atoms with Crippen LogP contribution in [-0.4, -0.2) is 23.1 Å². The Kier molecular flexibility index (Phi) is 5.57. The van der Waals surface area contributed by atoms with Crippen molar-refractivity contribution in [3.63, 3.8) is 0 Å². The van der Waals surface area contributed by atoms with Crippen molar-refractivity contribution in [2.45, 2.75) is 26.2 Å². The van der Waals surface area contributed by atoms with Gasteiger partial charge in [0.05, 0.1) is 11.3 Å². The van der Waals surface area contributed by atoms with E-state index < -0.39 is 0 Å². The fourth-order valence-corrected chi connectivity index (χ4v) is 3.58. The molecule has 4 rings (SSSR count). The minimum atomic E-state index is 0.576. The molecule has 2 heterocycles. The van der Waals surface area contributed by atoms with Crippen molar-refractivity contribution < 1.29 is 0 Å². The summed E-state index contributed by atoms with van der Waals surface area (Å²) < 4.78 is 0. The van der Waals surface area contributed by atoms with E-state index in [0.717, 1.165) is 24.5 Å². The summed E-state index contributed by atoms with van der Waals surface area (Å²) in [6.45, 7) is 4.13. The molecule has 29 heavy (non-hydrogen) atoms. The second kappa shape index (κ2) is 8.61. The Morgan fingerprint density at radius 2 is 1.59 bits per heavy atom. The lowest BCUT2D eigenvalue weighted by atomic mass is 10.1. The van der Waals surface area contributed by atoms with Crippen LogP contribution in [-0.2, 0) is 0 Å². The summed E-state index contributed by atoms with van der Waals surface area (Å²) in [5, 5.41) is 15.9.